The van der Waals surface area contributed by atoms with Gasteiger partial charge in [0.05, 0.1) is 0 Å². The van der Waals surface area contributed by atoms with Crippen LogP contribution in [0.15, 0.2) is 17.1 Å². The van der Waals surface area contributed by atoms with Crippen LogP contribution in [0, 0.1) is 0 Å². The van der Waals surface area contributed by atoms with Gasteiger partial charge in [0.15, 0.2) is 0 Å². The van der Waals surface area contributed by atoms with Crippen LogP contribution < -0.4 is 0 Å². The maximum absolute atomic E-state index is 4.00. The molecule has 0 aliphatic heterocycles. The minimum atomic E-state index is 0.889. The monoisotopic (exact) mass is 186 g/mol. The van der Waals surface area contributed by atoms with Gasteiger partial charge in [-0.3, -0.25) is 0 Å². The normalized spacial score (nSPS) is 14.6. The number of nitrogens with zero attached hydrogens (tertiary/aromatic N) is 1. The molecule has 1 aromatic heterocycles. The zero-order chi connectivity index (χ0) is 9.97. The average Bonchev–Trinajstić information content (AvgIpc) is 2.58. The maximum Gasteiger partial charge on any atom is 0.137 e. The molecule has 0 radical (unpaired) electrons. The molecular formula is C12H14N2. The molecule has 0 atom stereocenters. The van der Waals surface area contributed by atoms with Gasteiger partial charge >= 0.3 is 0 Å². The second kappa shape index (κ2) is 3.66. The van der Waals surface area contributed by atoms with E-state index in [0.717, 1.165) is 18.7 Å². The van der Waals surface area contributed by atoms with Gasteiger partial charge < -0.3 is 4.98 Å². The lowest BCUT2D eigenvalue weighted by Crippen LogP contribution is -1.91. The predicted octanol–water partition coefficient (Wildman–Crippen LogP) is 3.34. The predicted molar refractivity (Wildman–Crippen MR) is 62.1 cm³/mol. The summed E-state index contributed by atoms with van der Waals surface area (Å²) in [7, 11) is 0. The molecule has 0 unspecified atom stereocenters. The maximum atomic E-state index is 4.00. The second-order valence-corrected chi connectivity index (χ2v) is 3.38. The standard InChI is InChI=1S/C12H14N2/c1-3-6-10-9-7-4-5-8-11(9)14-12(10)13-2/h3,5-6,8,14H,2,4,7H2,1H3/b6-3-. The molecule has 14 heavy (non-hydrogen) atoms. The molecule has 2 nitrogen and oxygen atoms in total. The van der Waals surface area contributed by atoms with Crippen LogP contribution in [-0.2, 0) is 6.42 Å². The first-order chi connectivity index (χ1) is 6.86. The van der Waals surface area contributed by atoms with Crippen LogP contribution in [0.1, 0.15) is 30.2 Å². The van der Waals surface area contributed by atoms with Crippen molar-refractivity contribution >= 4 is 24.7 Å². The van der Waals surface area contributed by atoms with Gasteiger partial charge in [-0.25, -0.2) is 4.99 Å². The number of aromatic nitrogens is 1. The zero-order valence-electron chi connectivity index (χ0n) is 8.38. The molecule has 1 N–H and O–H groups in total. The van der Waals surface area contributed by atoms with Crippen LogP contribution in [0.3, 0.4) is 0 Å². The van der Waals surface area contributed by atoms with Gasteiger partial charge in [-0.2, -0.15) is 0 Å². The molecule has 2 heteroatoms. The summed E-state index contributed by atoms with van der Waals surface area (Å²) in [6.07, 6.45) is 10.7. The summed E-state index contributed by atoms with van der Waals surface area (Å²) in [6.45, 7) is 5.60. The fourth-order valence-electron chi connectivity index (χ4n) is 1.87. The van der Waals surface area contributed by atoms with E-state index in [-0.39, 0.29) is 0 Å². The van der Waals surface area contributed by atoms with E-state index < -0.39 is 0 Å². The molecule has 0 fully saturated rings. The third-order valence-electron chi connectivity index (χ3n) is 2.50. The number of aromatic amines is 1. The summed E-state index contributed by atoms with van der Waals surface area (Å²) in [5.41, 5.74) is 3.75. The number of rotatable bonds is 2. The average molecular weight is 186 g/mol. The summed E-state index contributed by atoms with van der Waals surface area (Å²) in [6, 6.07) is 0. The molecule has 1 aliphatic rings. The molecule has 0 bridgehead atoms. The largest absolute Gasteiger partial charge is 0.340 e. The molecule has 0 saturated heterocycles. The van der Waals surface area contributed by atoms with E-state index in [9.17, 15) is 0 Å². The molecule has 0 amide bonds. The number of aliphatic imine (C=N–C) groups is 1. The number of hydrogen-bond donors (Lipinski definition) is 1. The van der Waals surface area contributed by atoms with Gasteiger partial charge in [0, 0.05) is 11.3 Å². The molecule has 1 aromatic rings. The lowest BCUT2D eigenvalue weighted by Gasteiger charge is -2.04. The first kappa shape index (κ1) is 9.00. The summed E-state index contributed by atoms with van der Waals surface area (Å²) < 4.78 is 0. The van der Waals surface area contributed by atoms with Crippen molar-refractivity contribution in [3.8, 4) is 0 Å². The third-order valence-corrected chi connectivity index (χ3v) is 2.50. The Morgan fingerprint density at radius 3 is 3.14 bits per heavy atom. The number of hydrogen-bond acceptors (Lipinski definition) is 1. The lowest BCUT2D eigenvalue weighted by molar-refractivity contribution is 0.983. The Hall–Kier alpha value is -1.57. The first-order valence-corrected chi connectivity index (χ1v) is 4.87. The number of allylic oxidation sites excluding steroid dienone is 2. The topological polar surface area (TPSA) is 28.1 Å². The Balaban J connectivity index is 2.59. The highest BCUT2D eigenvalue weighted by Gasteiger charge is 2.14. The van der Waals surface area contributed by atoms with Gasteiger partial charge in [-0.15, -0.1) is 0 Å². The Kier molecular flexibility index (Phi) is 2.35. The highest BCUT2D eigenvalue weighted by molar-refractivity contribution is 5.73. The number of fused-ring (bicyclic) bond motifs is 1. The number of nitrogens with one attached hydrogen (secondary N) is 1. The molecule has 1 aliphatic carbocycles. The van der Waals surface area contributed by atoms with Gasteiger partial charge in [-0.05, 0) is 38.1 Å². The fourth-order valence-corrected chi connectivity index (χ4v) is 1.87. The Morgan fingerprint density at radius 2 is 2.43 bits per heavy atom. The van der Waals surface area contributed by atoms with Gasteiger partial charge in [0.25, 0.3) is 0 Å². The Bertz CT molecular complexity index is 408. The quantitative estimate of drug-likeness (QED) is 0.686. The van der Waals surface area contributed by atoms with Crippen molar-refractivity contribution in [1.82, 2.24) is 4.98 Å². The van der Waals surface area contributed by atoms with Crippen molar-refractivity contribution < 1.29 is 0 Å². The highest BCUT2D eigenvalue weighted by atomic mass is 14.9. The van der Waals surface area contributed by atoms with Crippen LogP contribution >= 0.6 is 0 Å². The second-order valence-electron chi connectivity index (χ2n) is 3.38. The van der Waals surface area contributed by atoms with Crippen LogP contribution in [0.5, 0.6) is 0 Å². The summed E-state index contributed by atoms with van der Waals surface area (Å²) >= 11 is 0. The van der Waals surface area contributed by atoms with E-state index >= 15 is 0 Å². The molecule has 72 valence electrons. The molecular weight excluding hydrogens is 172 g/mol. The van der Waals surface area contributed by atoms with E-state index in [1.165, 1.54) is 16.8 Å². The van der Waals surface area contributed by atoms with E-state index in [1.807, 2.05) is 13.0 Å². The smallest absolute Gasteiger partial charge is 0.137 e. The summed E-state index contributed by atoms with van der Waals surface area (Å²) in [5.74, 6) is 0.889. The third kappa shape index (κ3) is 1.33. The first-order valence-electron chi connectivity index (χ1n) is 4.87. The van der Waals surface area contributed by atoms with E-state index in [0.29, 0.717) is 0 Å². The van der Waals surface area contributed by atoms with Gasteiger partial charge in [0.2, 0.25) is 0 Å². The SMILES string of the molecule is C=Nc1[nH]c2c(c1/C=C\C)CCC=C2. The molecule has 1 heterocycles. The van der Waals surface area contributed by atoms with Crippen LogP contribution in [0.25, 0.3) is 12.2 Å². The van der Waals surface area contributed by atoms with Crippen molar-refractivity contribution in [3.63, 3.8) is 0 Å². The molecule has 0 saturated carbocycles. The van der Waals surface area contributed by atoms with Gasteiger partial charge in [-0.1, -0.05) is 18.2 Å². The lowest BCUT2D eigenvalue weighted by atomic mass is 10.00. The van der Waals surface area contributed by atoms with Crippen LogP contribution in [0.2, 0.25) is 0 Å². The molecule has 2 rings (SSSR count). The van der Waals surface area contributed by atoms with Crippen molar-refractivity contribution in [3.05, 3.63) is 29.0 Å². The van der Waals surface area contributed by atoms with Crippen molar-refractivity contribution in [2.75, 3.05) is 0 Å². The molecule has 0 spiro atoms. The van der Waals surface area contributed by atoms with Crippen molar-refractivity contribution in [2.24, 2.45) is 4.99 Å². The summed E-state index contributed by atoms with van der Waals surface area (Å²) in [4.78, 5) is 7.27. The van der Waals surface area contributed by atoms with Crippen LogP contribution in [0.4, 0.5) is 5.82 Å². The zero-order valence-corrected chi connectivity index (χ0v) is 8.38. The van der Waals surface area contributed by atoms with E-state index in [1.54, 1.807) is 0 Å². The minimum absolute atomic E-state index is 0.889. The van der Waals surface area contributed by atoms with Gasteiger partial charge in [0.1, 0.15) is 5.82 Å². The molecule has 0 aromatic carbocycles. The Morgan fingerprint density at radius 1 is 1.57 bits per heavy atom. The fraction of sp³-hybridized carbons (Fsp3) is 0.250. The van der Waals surface area contributed by atoms with Crippen molar-refractivity contribution in [2.45, 2.75) is 19.8 Å². The number of H-pyrrole nitrogens is 1. The minimum Gasteiger partial charge on any atom is -0.340 e. The van der Waals surface area contributed by atoms with Crippen LogP contribution in [-0.4, -0.2) is 11.7 Å². The van der Waals surface area contributed by atoms with Crippen molar-refractivity contribution in [1.29, 1.82) is 0 Å². The van der Waals surface area contributed by atoms with E-state index in [2.05, 4.69) is 34.9 Å². The summed E-state index contributed by atoms with van der Waals surface area (Å²) in [5, 5.41) is 0. The highest BCUT2D eigenvalue weighted by Crippen LogP contribution is 2.31. The van der Waals surface area contributed by atoms with E-state index in [4.69, 9.17) is 0 Å². The Labute approximate surface area is 84.1 Å².